The van der Waals surface area contributed by atoms with Crippen molar-refractivity contribution in [1.29, 1.82) is 0 Å². The van der Waals surface area contributed by atoms with E-state index >= 15 is 0 Å². The number of benzene rings is 3. The van der Waals surface area contributed by atoms with Crippen molar-refractivity contribution < 1.29 is 13.9 Å². The maximum Gasteiger partial charge on any atom is 0.272 e. The number of ether oxygens (including phenoxy) is 2. The van der Waals surface area contributed by atoms with Gasteiger partial charge < -0.3 is 19.7 Å². The molecule has 4 rings (SSSR count). The van der Waals surface area contributed by atoms with E-state index in [0.717, 1.165) is 22.7 Å². The van der Waals surface area contributed by atoms with E-state index < -0.39 is 16.5 Å². The van der Waals surface area contributed by atoms with Crippen LogP contribution in [0.4, 0.5) is 27.1 Å². The maximum absolute atomic E-state index is 13.9. The first-order valence-electron chi connectivity index (χ1n) is 12.1. The summed E-state index contributed by atoms with van der Waals surface area (Å²) in [6, 6.07) is 21.9. The Morgan fingerprint density at radius 1 is 0.919 bits per heavy atom. The highest BCUT2D eigenvalue weighted by atomic mass is 19.1. The third-order valence-corrected chi connectivity index (χ3v) is 5.96. The number of hydrogen-bond donors (Lipinski definition) is 1. The van der Waals surface area contributed by atoms with Crippen LogP contribution in [0.5, 0.6) is 11.5 Å². The van der Waals surface area contributed by atoms with Crippen LogP contribution in [0.25, 0.3) is 0 Å². The Morgan fingerprint density at radius 2 is 1.62 bits per heavy atom. The molecule has 4 aromatic rings. The van der Waals surface area contributed by atoms with Gasteiger partial charge in [-0.25, -0.2) is 4.39 Å². The second kappa shape index (κ2) is 10.5. The summed E-state index contributed by atoms with van der Waals surface area (Å²) >= 11 is 0. The first-order chi connectivity index (χ1) is 17.6. The molecule has 0 bridgehead atoms. The fraction of sp³-hybridized carbons (Fsp3) is 0.267. The van der Waals surface area contributed by atoms with E-state index in [2.05, 4.69) is 10.2 Å². The molecule has 0 spiro atoms. The van der Waals surface area contributed by atoms with Gasteiger partial charge in [0.15, 0.2) is 5.75 Å². The van der Waals surface area contributed by atoms with Crippen LogP contribution in [0.3, 0.4) is 0 Å². The number of rotatable bonds is 9. The molecule has 0 saturated carbocycles. The van der Waals surface area contributed by atoms with Crippen molar-refractivity contribution in [3.63, 3.8) is 0 Å². The molecule has 0 heterocycles. The first-order valence-corrected chi connectivity index (χ1v) is 12.1. The summed E-state index contributed by atoms with van der Waals surface area (Å²) in [5.41, 5.74) is 1.62. The van der Waals surface area contributed by atoms with Gasteiger partial charge in [0.1, 0.15) is 22.9 Å². The molecule has 0 amide bonds. The second-order valence-corrected chi connectivity index (χ2v) is 10.0. The molecule has 4 aromatic carbocycles. The summed E-state index contributed by atoms with van der Waals surface area (Å²) in [4.78, 5) is 26.5. The quantitative estimate of drug-likeness (QED) is 0.271. The lowest BCUT2D eigenvalue weighted by atomic mass is 9.99. The fourth-order valence-electron chi connectivity index (χ4n) is 4.10. The molecule has 1 N–H and O–H groups in total. The Balaban J connectivity index is 1.67. The van der Waals surface area contributed by atoms with Crippen LogP contribution in [0.2, 0.25) is 0 Å². The summed E-state index contributed by atoms with van der Waals surface area (Å²) in [6.45, 7) is 8.08. The smallest absolute Gasteiger partial charge is 0.272 e. The van der Waals surface area contributed by atoms with Crippen LogP contribution >= 0.6 is 0 Å². The molecular formula is C30H31FN2O4. The predicted molar refractivity (Wildman–Crippen MR) is 146 cm³/mol. The highest BCUT2D eigenvalue weighted by Gasteiger charge is 2.27. The van der Waals surface area contributed by atoms with Gasteiger partial charge in [-0.2, -0.15) is 0 Å². The number of methoxy groups -OCH3 is 1. The van der Waals surface area contributed by atoms with Gasteiger partial charge in [-0.3, -0.25) is 9.59 Å². The highest BCUT2D eigenvalue weighted by Crippen LogP contribution is 2.33. The van der Waals surface area contributed by atoms with Crippen molar-refractivity contribution in [2.75, 3.05) is 23.9 Å². The monoisotopic (exact) mass is 502 g/mol. The summed E-state index contributed by atoms with van der Waals surface area (Å²) in [5.74, 6) is 0.529. The molecule has 0 saturated heterocycles. The molecule has 0 radical (unpaired) electrons. The molecule has 0 fully saturated rings. The summed E-state index contributed by atoms with van der Waals surface area (Å²) in [6.07, 6.45) is 0. The van der Waals surface area contributed by atoms with E-state index in [1.807, 2.05) is 82.3 Å². The largest absolute Gasteiger partial charge is 0.497 e. The molecule has 7 heteroatoms. The number of nitrogens with one attached hydrogen (secondary N) is 1. The number of nitrogens with zero attached hydrogens (tertiary/aromatic N) is 1. The number of hydrogen-bond acceptors (Lipinski definition) is 6. The minimum atomic E-state index is -0.627. The Hall–Kier alpha value is -4.13. The van der Waals surface area contributed by atoms with Gasteiger partial charge in [0, 0.05) is 23.6 Å². The van der Waals surface area contributed by atoms with Gasteiger partial charge in [0.05, 0.1) is 7.11 Å². The van der Waals surface area contributed by atoms with Crippen molar-refractivity contribution in [3.8, 4) is 11.5 Å². The number of halogens is 1. The summed E-state index contributed by atoms with van der Waals surface area (Å²) in [7, 11) is 1.62. The zero-order valence-electron chi connectivity index (χ0n) is 21.7. The lowest BCUT2D eigenvalue weighted by Gasteiger charge is -2.29. The van der Waals surface area contributed by atoms with Crippen LogP contribution in [0.1, 0.15) is 39.2 Å². The van der Waals surface area contributed by atoms with Gasteiger partial charge in [-0.05, 0) is 86.8 Å². The van der Waals surface area contributed by atoms with Gasteiger partial charge in [-0.1, -0.05) is 25.1 Å². The minimum Gasteiger partial charge on any atom is -0.497 e. The zero-order chi connectivity index (χ0) is 26.7. The van der Waals surface area contributed by atoms with E-state index in [9.17, 15) is 14.0 Å². The Kier molecular flexibility index (Phi) is 7.34. The standard InChI is InChI=1S/C30H31FN2O4/c1-19(20-8-6-9-21(31)16-20)18-33(23-12-14-25(36-5)15-13-23)24-11-7-10-22(17-24)32-26-27(34)28(35)29(26)37-30(2,3)4/h6-17,19,32H,18H2,1-5H3. The van der Waals surface area contributed by atoms with Crippen LogP contribution in [0.15, 0.2) is 82.4 Å². The van der Waals surface area contributed by atoms with Crippen molar-refractivity contribution in [2.24, 2.45) is 0 Å². The highest BCUT2D eigenvalue weighted by molar-refractivity contribution is 5.74. The van der Waals surface area contributed by atoms with Crippen LogP contribution in [-0.2, 0) is 0 Å². The van der Waals surface area contributed by atoms with Gasteiger partial charge in [0.25, 0.3) is 10.9 Å². The molecule has 0 aliphatic rings. The normalized spacial score (nSPS) is 12.3. The first kappa shape index (κ1) is 25.9. The lowest BCUT2D eigenvalue weighted by Crippen LogP contribution is -2.39. The fourth-order valence-corrected chi connectivity index (χ4v) is 4.10. The zero-order valence-corrected chi connectivity index (χ0v) is 21.7. The Labute approximate surface area is 216 Å². The third-order valence-electron chi connectivity index (χ3n) is 5.96. The summed E-state index contributed by atoms with van der Waals surface area (Å²) in [5, 5.41) is 3.08. The van der Waals surface area contributed by atoms with Crippen LogP contribution in [0, 0.1) is 5.82 Å². The second-order valence-electron chi connectivity index (χ2n) is 10.0. The van der Waals surface area contributed by atoms with Crippen molar-refractivity contribution in [3.05, 3.63) is 105 Å². The molecule has 0 aliphatic heterocycles. The molecule has 192 valence electrons. The SMILES string of the molecule is COc1ccc(N(CC(C)c2cccc(F)c2)c2cccc(Nc3c(OC(C)(C)C)c(=O)c3=O)c2)cc1. The van der Waals surface area contributed by atoms with Crippen LogP contribution < -0.4 is 30.5 Å². The van der Waals surface area contributed by atoms with Gasteiger partial charge in [-0.15, -0.1) is 0 Å². The molecular weight excluding hydrogens is 471 g/mol. The van der Waals surface area contributed by atoms with Crippen molar-refractivity contribution >= 4 is 22.7 Å². The topological polar surface area (TPSA) is 67.9 Å². The molecule has 1 unspecified atom stereocenters. The molecule has 37 heavy (non-hydrogen) atoms. The van der Waals surface area contributed by atoms with E-state index in [1.165, 1.54) is 6.07 Å². The van der Waals surface area contributed by atoms with E-state index in [1.54, 1.807) is 19.2 Å². The Morgan fingerprint density at radius 3 is 2.27 bits per heavy atom. The lowest BCUT2D eigenvalue weighted by molar-refractivity contribution is 0.128. The predicted octanol–water partition coefficient (Wildman–Crippen LogP) is 6.29. The Bertz CT molecular complexity index is 1450. The molecule has 0 aromatic heterocycles. The molecule has 1 atom stereocenters. The van der Waals surface area contributed by atoms with Crippen molar-refractivity contribution in [2.45, 2.75) is 39.2 Å². The van der Waals surface area contributed by atoms with E-state index in [0.29, 0.717) is 12.2 Å². The van der Waals surface area contributed by atoms with Gasteiger partial charge in [0.2, 0.25) is 0 Å². The third kappa shape index (κ3) is 6.00. The average molecular weight is 503 g/mol. The maximum atomic E-state index is 13.9. The number of anilines is 4. The van der Waals surface area contributed by atoms with Crippen molar-refractivity contribution in [1.82, 2.24) is 0 Å². The van der Waals surface area contributed by atoms with Gasteiger partial charge >= 0.3 is 0 Å². The molecule has 0 aliphatic carbocycles. The van der Waals surface area contributed by atoms with Crippen LogP contribution in [-0.4, -0.2) is 19.3 Å². The van der Waals surface area contributed by atoms with E-state index in [4.69, 9.17) is 9.47 Å². The summed E-state index contributed by atoms with van der Waals surface area (Å²) < 4.78 is 24.9. The average Bonchev–Trinajstić information content (AvgIpc) is 2.88. The minimum absolute atomic E-state index is 0.00902. The molecule has 6 nitrogen and oxygen atoms in total. The van der Waals surface area contributed by atoms with E-state index in [-0.39, 0.29) is 23.2 Å².